The zero-order valence-electron chi connectivity index (χ0n) is 13.2. The molecule has 5 nitrogen and oxygen atoms in total. The predicted octanol–water partition coefficient (Wildman–Crippen LogP) is 3.56. The largest absolute Gasteiger partial charge is 0.476 e. The Balaban J connectivity index is 2.09. The van der Waals surface area contributed by atoms with Crippen LogP contribution < -0.4 is 0 Å². The molecule has 1 aromatic carbocycles. The maximum absolute atomic E-state index is 11.4. The van der Waals surface area contributed by atoms with Gasteiger partial charge in [0.1, 0.15) is 6.73 Å². The second-order valence-electron chi connectivity index (χ2n) is 6.45. The molecule has 0 saturated carbocycles. The number of ether oxygens (including phenoxy) is 1. The van der Waals surface area contributed by atoms with Gasteiger partial charge in [-0.25, -0.2) is 9.48 Å². The topological polar surface area (TPSA) is 64.3 Å². The van der Waals surface area contributed by atoms with Gasteiger partial charge in [-0.2, -0.15) is 5.10 Å². The van der Waals surface area contributed by atoms with E-state index in [2.05, 4.69) is 24.7 Å². The number of nitrogens with zero attached hydrogens (tertiary/aromatic N) is 2. The van der Waals surface area contributed by atoms with Gasteiger partial charge in [-0.05, 0) is 11.6 Å². The van der Waals surface area contributed by atoms with Crippen LogP contribution in [0.2, 0.25) is 25.7 Å². The molecule has 2 rings (SSSR count). The molecule has 22 heavy (non-hydrogen) atoms. The summed E-state index contributed by atoms with van der Waals surface area (Å²) in [5, 5.41) is 13.4. The Morgan fingerprint density at radius 2 is 1.95 bits per heavy atom. The average molecular weight is 318 g/mol. The van der Waals surface area contributed by atoms with E-state index in [1.54, 1.807) is 10.9 Å². The second-order valence-corrected chi connectivity index (χ2v) is 12.1. The molecule has 0 spiro atoms. The van der Waals surface area contributed by atoms with Crippen molar-refractivity contribution in [1.82, 2.24) is 9.78 Å². The number of benzene rings is 1. The molecule has 0 unspecified atom stereocenters. The molecule has 0 radical (unpaired) electrons. The zero-order chi connectivity index (χ0) is 16.2. The fraction of sp³-hybridized carbons (Fsp3) is 0.375. The first kappa shape index (κ1) is 16.4. The van der Waals surface area contributed by atoms with Gasteiger partial charge in [-0.15, -0.1) is 0 Å². The molecule has 1 N–H and O–H groups in total. The molecule has 2 aromatic rings. The van der Waals surface area contributed by atoms with E-state index in [0.29, 0.717) is 12.2 Å². The molecular weight excluding hydrogens is 296 g/mol. The van der Waals surface area contributed by atoms with Gasteiger partial charge in [0.05, 0.1) is 0 Å². The zero-order valence-corrected chi connectivity index (χ0v) is 14.2. The molecule has 118 valence electrons. The number of rotatable bonds is 7. The fourth-order valence-corrected chi connectivity index (χ4v) is 2.77. The van der Waals surface area contributed by atoms with Gasteiger partial charge in [0.25, 0.3) is 0 Å². The van der Waals surface area contributed by atoms with Crippen molar-refractivity contribution in [2.24, 2.45) is 0 Å². The number of carboxylic acids is 1. The molecular formula is C16H22N2O3Si. The van der Waals surface area contributed by atoms with Crippen LogP contribution in [-0.4, -0.2) is 35.5 Å². The van der Waals surface area contributed by atoms with Crippen LogP contribution in [0.1, 0.15) is 10.5 Å². The van der Waals surface area contributed by atoms with Gasteiger partial charge < -0.3 is 9.84 Å². The van der Waals surface area contributed by atoms with Gasteiger partial charge >= 0.3 is 5.97 Å². The Hall–Kier alpha value is -1.92. The summed E-state index contributed by atoms with van der Waals surface area (Å²) in [5.74, 6) is -1.03. The highest BCUT2D eigenvalue weighted by Crippen LogP contribution is 2.22. The van der Waals surface area contributed by atoms with Crippen LogP contribution in [0, 0.1) is 0 Å². The first-order valence-corrected chi connectivity index (χ1v) is 11.0. The summed E-state index contributed by atoms with van der Waals surface area (Å²) in [6, 6.07) is 10.5. The van der Waals surface area contributed by atoms with E-state index in [9.17, 15) is 9.90 Å². The highest BCUT2D eigenvalue weighted by molar-refractivity contribution is 6.76. The summed E-state index contributed by atoms with van der Waals surface area (Å²) >= 11 is 0. The van der Waals surface area contributed by atoms with E-state index >= 15 is 0 Å². The van der Waals surface area contributed by atoms with Crippen molar-refractivity contribution in [3.05, 3.63) is 42.2 Å². The third-order valence-corrected chi connectivity index (χ3v) is 4.97. The highest BCUT2D eigenvalue weighted by atomic mass is 28.3. The average Bonchev–Trinajstić information content (AvgIpc) is 2.88. The Kier molecular flexibility index (Phi) is 5.15. The predicted molar refractivity (Wildman–Crippen MR) is 88.7 cm³/mol. The van der Waals surface area contributed by atoms with Crippen molar-refractivity contribution in [2.45, 2.75) is 32.4 Å². The monoisotopic (exact) mass is 318 g/mol. The number of hydrogen-bond donors (Lipinski definition) is 1. The summed E-state index contributed by atoms with van der Waals surface area (Å²) in [4.78, 5) is 11.4. The van der Waals surface area contributed by atoms with E-state index in [0.717, 1.165) is 11.6 Å². The smallest absolute Gasteiger partial charge is 0.357 e. The van der Waals surface area contributed by atoms with Crippen molar-refractivity contribution in [1.29, 1.82) is 0 Å². The first-order chi connectivity index (χ1) is 10.4. The normalized spacial score (nSPS) is 11.6. The van der Waals surface area contributed by atoms with Crippen LogP contribution in [0.5, 0.6) is 0 Å². The summed E-state index contributed by atoms with van der Waals surface area (Å²) in [7, 11) is -1.12. The van der Waals surface area contributed by atoms with Gasteiger partial charge in [0, 0.05) is 26.4 Å². The van der Waals surface area contributed by atoms with Gasteiger partial charge in [0.15, 0.2) is 5.69 Å². The van der Waals surface area contributed by atoms with E-state index in [1.165, 1.54) is 0 Å². The molecule has 1 aromatic heterocycles. The molecule has 0 aliphatic carbocycles. The van der Waals surface area contributed by atoms with Crippen molar-refractivity contribution < 1.29 is 14.6 Å². The lowest BCUT2D eigenvalue weighted by Crippen LogP contribution is -2.22. The van der Waals surface area contributed by atoms with Crippen molar-refractivity contribution in [3.63, 3.8) is 0 Å². The molecule has 0 fully saturated rings. The molecule has 0 saturated heterocycles. The summed E-state index contributed by atoms with van der Waals surface area (Å²) in [6.45, 7) is 7.83. The molecule has 0 aliphatic rings. The minimum atomic E-state index is -1.12. The van der Waals surface area contributed by atoms with Crippen LogP contribution >= 0.6 is 0 Å². The molecule has 0 amide bonds. The second kappa shape index (κ2) is 6.89. The quantitative estimate of drug-likeness (QED) is 0.626. The summed E-state index contributed by atoms with van der Waals surface area (Å²) < 4.78 is 7.17. The van der Waals surface area contributed by atoms with Crippen molar-refractivity contribution >= 4 is 14.0 Å². The van der Waals surface area contributed by atoms with E-state index < -0.39 is 14.0 Å². The number of carboxylic acid groups (broad SMARTS) is 1. The number of hydrogen-bond acceptors (Lipinski definition) is 3. The minimum Gasteiger partial charge on any atom is -0.476 e. The standard InChI is InChI=1S/C16H22N2O3Si/c1-22(2,3)10-9-21-12-18-11-14(15(17-18)16(19)20)13-7-5-4-6-8-13/h4-8,11H,9-10,12H2,1-3H3,(H,19,20). The minimum absolute atomic E-state index is 0.0556. The summed E-state index contributed by atoms with van der Waals surface area (Å²) in [6.07, 6.45) is 1.73. The molecule has 0 atom stereocenters. The number of aromatic nitrogens is 2. The van der Waals surface area contributed by atoms with E-state index in [1.807, 2.05) is 30.3 Å². The van der Waals surface area contributed by atoms with Crippen LogP contribution in [0.15, 0.2) is 36.5 Å². The SMILES string of the molecule is C[Si](C)(C)CCOCn1cc(-c2ccccc2)c(C(=O)O)n1. The third-order valence-electron chi connectivity index (χ3n) is 3.27. The molecule has 6 heteroatoms. The lowest BCUT2D eigenvalue weighted by molar-refractivity contribution is 0.0672. The maximum Gasteiger partial charge on any atom is 0.357 e. The Morgan fingerprint density at radius 3 is 2.55 bits per heavy atom. The maximum atomic E-state index is 11.4. The third kappa shape index (κ3) is 4.54. The highest BCUT2D eigenvalue weighted by Gasteiger charge is 2.17. The van der Waals surface area contributed by atoms with Gasteiger partial charge in [-0.1, -0.05) is 50.0 Å². The van der Waals surface area contributed by atoms with Gasteiger partial charge in [0.2, 0.25) is 0 Å². The Labute approximate surface area is 131 Å². The Bertz CT molecular complexity index is 633. The van der Waals surface area contributed by atoms with Crippen molar-refractivity contribution in [3.8, 4) is 11.1 Å². The lowest BCUT2D eigenvalue weighted by Gasteiger charge is -2.15. The number of aromatic carboxylic acids is 1. The molecule has 1 heterocycles. The van der Waals surface area contributed by atoms with E-state index in [-0.39, 0.29) is 12.4 Å². The first-order valence-electron chi connectivity index (χ1n) is 7.31. The van der Waals surface area contributed by atoms with E-state index in [4.69, 9.17) is 4.74 Å². The lowest BCUT2D eigenvalue weighted by atomic mass is 10.1. The Morgan fingerprint density at radius 1 is 1.27 bits per heavy atom. The molecule has 0 bridgehead atoms. The van der Waals surface area contributed by atoms with Crippen LogP contribution in [0.4, 0.5) is 0 Å². The van der Waals surface area contributed by atoms with Crippen LogP contribution in [-0.2, 0) is 11.5 Å². The molecule has 0 aliphatic heterocycles. The summed E-state index contributed by atoms with van der Waals surface area (Å²) in [5.41, 5.74) is 1.51. The number of carbonyl (C=O) groups is 1. The van der Waals surface area contributed by atoms with Gasteiger partial charge in [-0.3, -0.25) is 0 Å². The van der Waals surface area contributed by atoms with Crippen LogP contribution in [0.3, 0.4) is 0 Å². The van der Waals surface area contributed by atoms with Crippen molar-refractivity contribution in [2.75, 3.05) is 6.61 Å². The van der Waals surface area contributed by atoms with Crippen LogP contribution in [0.25, 0.3) is 11.1 Å². The fourth-order valence-electron chi connectivity index (χ4n) is 2.01.